The Kier molecular flexibility index (Phi) is 5.65. The number of anilines is 1. The molecular formula is C24H26N4O2. The van der Waals surface area contributed by atoms with Crippen LogP contribution in [0.1, 0.15) is 51.4 Å². The first kappa shape index (κ1) is 19.9. The summed E-state index contributed by atoms with van der Waals surface area (Å²) in [5.74, 6) is -0.342. The summed E-state index contributed by atoms with van der Waals surface area (Å²) in [4.78, 5) is 26.9. The highest BCUT2D eigenvalue weighted by atomic mass is 16.2. The molecule has 1 aliphatic rings. The van der Waals surface area contributed by atoms with Crippen molar-refractivity contribution in [2.24, 2.45) is 0 Å². The van der Waals surface area contributed by atoms with Crippen LogP contribution >= 0.6 is 0 Å². The van der Waals surface area contributed by atoms with Gasteiger partial charge in [-0.05, 0) is 56.0 Å². The molecule has 30 heavy (non-hydrogen) atoms. The molecule has 1 aromatic heterocycles. The van der Waals surface area contributed by atoms with Gasteiger partial charge in [0.2, 0.25) is 0 Å². The quantitative estimate of drug-likeness (QED) is 0.668. The van der Waals surface area contributed by atoms with Crippen LogP contribution in [-0.4, -0.2) is 40.6 Å². The van der Waals surface area contributed by atoms with Crippen LogP contribution in [-0.2, 0) is 12.8 Å². The Balaban J connectivity index is 1.67. The maximum Gasteiger partial charge on any atom is 0.276 e. The number of rotatable bonds is 4. The molecule has 0 radical (unpaired) electrons. The highest BCUT2D eigenvalue weighted by Crippen LogP contribution is 2.27. The predicted octanol–water partition coefficient (Wildman–Crippen LogP) is 4.10. The van der Waals surface area contributed by atoms with Crippen LogP contribution in [0.15, 0.2) is 54.6 Å². The Hall–Kier alpha value is -3.41. The molecule has 4 rings (SSSR count). The number of nitrogens with one attached hydrogen (secondary N) is 1. The van der Waals surface area contributed by atoms with Crippen molar-refractivity contribution < 1.29 is 9.59 Å². The summed E-state index contributed by atoms with van der Waals surface area (Å²) in [6, 6.07) is 17.0. The molecule has 2 aromatic carbocycles. The largest absolute Gasteiger partial charge is 0.345 e. The van der Waals surface area contributed by atoms with E-state index in [9.17, 15) is 9.59 Å². The minimum absolute atomic E-state index is 0.103. The molecule has 0 fully saturated rings. The summed E-state index contributed by atoms with van der Waals surface area (Å²) in [6.45, 7) is 0. The third kappa shape index (κ3) is 3.99. The second-order valence-electron chi connectivity index (χ2n) is 7.82. The summed E-state index contributed by atoms with van der Waals surface area (Å²) < 4.78 is 1.92. The first-order valence-electron chi connectivity index (χ1n) is 10.3. The molecule has 0 atom stereocenters. The summed E-state index contributed by atoms with van der Waals surface area (Å²) >= 11 is 0. The minimum Gasteiger partial charge on any atom is -0.345 e. The van der Waals surface area contributed by atoms with Gasteiger partial charge in [-0.2, -0.15) is 5.10 Å². The summed E-state index contributed by atoms with van der Waals surface area (Å²) in [5.41, 5.74) is 4.72. The van der Waals surface area contributed by atoms with Crippen molar-refractivity contribution in [3.05, 3.63) is 77.1 Å². The molecular weight excluding hydrogens is 376 g/mol. The molecule has 1 aliphatic carbocycles. The maximum absolute atomic E-state index is 13.2. The van der Waals surface area contributed by atoms with Gasteiger partial charge in [-0.3, -0.25) is 9.59 Å². The molecule has 1 heterocycles. The minimum atomic E-state index is -0.239. The van der Waals surface area contributed by atoms with Crippen molar-refractivity contribution >= 4 is 17.5 Å². The Labute approximate surface area is 176 Å². The lowest BCUT2D eigenvalue weighted by atomic mass is 10.1. The number of amides is 2. The number of hydrogen-bond acceptors (Lipinski definition) is 3. The molecule has 2 amide bonds. The smallest absolute Gasteiger partial charge is 0.276 e. The van der Waals surface area contributed by atoms with E-state index >= 15 is 0 Å². The molecule has 0 saturated carbocycles. The van der Waals surface area contributed by atoms with E-state index in [1.807, 2.05) is 35.0 Å². The maximum atomic E-state index is 13.2. The van der Waals surface area contributed by atoms with Gasteiger partial charge in [-0.15, -0.1) is 0 Å². The molecule has 0 bridgehead atoms. The van der Waals surface area contributed by atoms with E-state index in [1.54, 1.807) is 38.4 Å². The molecule has 3 aromatic rings. The normalized spacial score (nSPS) is 13.3. The first-order chi connectivity index (χ1) is 14.5. The fourth-order valence-corrected chi connectivity index (χ4v) is 3.92. The van der Waals surface area contributed by atoms with Gasteiger partial charge in [0.1, 0.15) is 0 Å². The van der Waals surface area contributed by atoms with E-state index in [0.29, 0.717) is 16.9 Å². The van der Waals surface area contributed by atoms with Crippen LogP contribution in [0.2, 0.25) is 0 Å². The third-order valence-corrected chi connectivity index (χ3v) is 5.42. The van der Waals surface area contributed by atoms with Crippen LogP contribution in [0.5, 0.6) is 0 Å². The SMILES string of the molecule is CN(C)C(=O)c1cccc(NC(=O)c2nn(-c3ccccc3)c3c2CCCCC3)c1. The van der Waals surface area contributed by atoms with Crippen LogP contribution in [0, 0.1) is 0 Å². The Morgan fingerprint density at radius 3 is 2.50 bits per heavy atom. The van der Waals surface area contributed by atoms with Gasteiger partial charge >= 0.3 is 0 Å². The van der Waals surface area contributed by atoms with Crippen molar-refractivity contribution in [1.82, 2.24) is 14.7 Å². The van der Waals surface area contributed by atoms with E-state index in [2.05, 4.69) is 5.32 Å². The second kappa shape index (κ2) is 8.53. The highest BCUT2D eigenvalue weighted by Gasteiger charge is 2.25. The summed E-state index contributed by atoms with van der Waals surface area (Å²) in [5, 5.41) is 7.66. The molecule has 1 N–H and O–H groups in total. The van der Waals surface area contributed by atoms with Gasteiger partial charge in [0.25, 0.3) is 11.8 Å². The van der Waals surface area contributed by atoms with E-state index in [4.69, 9.17) is 5.10 Å². The number of carbonyl (C=O) groups excluding carboxylic acids is 2. The molecule has 0 aliphatic heterocycles. The lowest BCUT2D eigenvalue weighted by molar-refractivity contribution is 0.0827. The summed E-state index contributed by atoms with van der Waals surface area (Å²) in [6.07, 6.45) is 5.07. The zero-order valence-corrected chi connectivity index (χ0v) is 17.4. The molecule has 0 spiro atoms. The standard InChI is InChI=1S/C24H26N4O2/c1-27(2)24(30)17-10-9-11-18(16-17)25-23(29)22-20-14-7-4-8-15-21(20)28(26-22)19-12-5-3-6-13-19/h3,5-6,9-13,16H,4,7-8,14-15H2,1-2H3,(H,25,29). The number of carbonyl (C=O) groups is 2. The lowest BCUT2D eigenvalue weighted by Gasteiger charge is -2.11. The van der Waals surface area contributed by atoms with Crippen LogP contribution in [0.3, 0.4) is 0 Å². The average Bonchev–Trinajstić information content (AvgIpc) is 2.95. The van der Waals surface area contributed by atoms with Crippen LogP contribution in [0.4, 0.5) is 5.69 Å². The first-order valence-corrected chi connectivity index (χ1v) is 10.3. The van der Waals surface area contributed by atoms with E-state index in [1.165, 1.54) is 4.90 Å². The number of fused-ring (bicyclic) bond motifs is 1. The van der Waals surface area contributed by atoms with E-state index < -0.39 is 0 Å². The second-order valence-corrected chi connectivity index (χ2v) is 7.82. The van der Waals surface area contributed by atoms with Crippen molar-refractivity contribution in [2.75, 3.05) is 19.4 Å². The molecule has 154 valence electrons. The number of aromatic nitrogens is 2. The zero-order chi connectivity index (χ0) is 21.1. The number of para-hydroxylation sites is 1. The van der Waals surface area contributed by atoms with Crippen LogP contribution in [0.25, 0.3) is 5.69 Å². The third-order valence-electron chi connectivity index (χ3n) is 5.42. The number of benzene rings is 2. The molecule has 0 saturated heterocycles. The summed E-state index contributed by atoms with van der Waals surface area (Å²) in [7, 11) is 3.41. The lowest BCUT2D eigenvalue weighted by Crippen LogP contribution is -2.22. The van der Waals surface area contributed by atoms with Crippen molar-refractivity contribution in [3.8, 4) is 5.69 Å². The molecule has 6 nitrogen and oxygen atoms in total. The molecule has 6 heteroatoms. The van der Waals surface area contributed by atoms with E-state index in [-0.39, 0.29) is 11.8 Å². The predicted molar refractivity (Wildman–Crippen MR) is 117 cm³/mol. The van der Waals surface area contributed by atoms with Gasteiger partial charge in [-0.1, -0.05) is 30.7 Å². The van der Waals surface area contributed by atoms with Gasteiger partial charge in [0.05, 0.1) is 5.69 Å². The van der Waals surface area contributed by atoms with Gasteiger partial charge < -0.3 is 10.2 Å². The van der Waals surface area contributed by atoms with Crippen molar-refractivity contribution in [2.45, 2.75) is 32.1 Å². The average molecular weight is 402 g/mol. The van der Waals surface area contributed by atoms with Gasteiger partial charge in [0.15, 0.2) is 5.69 Å². The topological polar surface area (TPSA) is 67.2 Å². The van der Waals surface area contributed by atoms with E-state index in [0.717, 1.165) is 49.0 Å². The number of nitrogens with zero attached hydrogens (tertiary/aromatic N) is 3. The van der Waals surface area contributed by atoms with Crippen LogP contribution < -0.4 is 5.32 Å². The van der Waals surface area contributed by atoms with Gasteiger partial charge in [0, 0.05) is 36.6 Å². The Bertz CT molecular complexity index is 1070. The highest BCUT2D eigenvalue weighted by molar-refractivity contribution is 6.05. The van der Waals surface area contributed by atoms with Gasteiger partial charge in [-0.25, -0.2) is 4.68 Å². The fraction of sp³-hybridized carbons (Fsp3) is 0.292. The Morgan fingerprint density at radius 2 is 1.73 bits per heavy atom. The van der Waals surface area contributed by atoms with Crippen molar-refractivity contribution in [1.29, 1.82) is 0 Å². The zero-order valence-electron chi connectivity index (χ0n) is 17.4. The fourth-order valence-electron chi connectivity index (χ4n) is 3.92. The van der Waals surface area contributed by atoms with Crippen molar-refractivity contribution in [3.63, 3.8) is 0 Å². The number of hydrogen-bond donors (Lipinski definition) is 1. The molecule has 0 unspecified atom stereocenters. The Morgan fingerprint density at radius 1 is 0.967 bits per heavy atom. The monoisotopic (exact) mass is 402 g/mol.